The molecule has 2 atom stereocenters. The number of halogens is 2. The van der Waals surface area contributed by atoms with Crippen molar-refractivity contribution < 1.29 is 19.1 Å². The van der Waals surface area contributed by atoms with Gasteiger partial charge in [-0.15, -0.1) is 0 Å². The molecular weight excluding hydrogens is 369 g/mol. The number of nitrogens with zero attached hydrogens (tertiary/aromatic N) is 1. The maximum atomic E-state index is 12.5. The van der Waals surface area contributed by atoms with E-state index in [0.29, 0.717) is 28.6 Å². The van der Waals surface area contributed by atoms with Crippen LogP contribution in [0.15, 0.2) is 18.2 Å². The van der Waals surface area contributed by atoms with Crippen molar-refractivity contribution in [1.29, 1.82) is 0 Å². The number of ether oxygens (including phenoxy) is 1. The van der Waals surface area contributed by atoms with Crippen molar-refractivity contribution in [3.8, 4) is 0 Å². The average molecular weight is 386 g/mol. The lowest BCUT2D eigenvalue weighted by atomic mass is 9.99. The molecule has 1 spiro atoms. The zero-order chi connectivity index (χ0) is 18.2. The van der Waals surface area contributed by atoms with Crippen LogP contribution in [0.5, 0.6) is 0 Å². The van der Waals surface area contributed by atoms with Crippen molar-refractivity contribution in [2.45, 2.75) is 24.9 Å². The molecular formula is C16H17Cl2N3O4. The smallest absolute Gasteiger partial charge is 0.325 e. The minimum absolute atomic E-state index is 0.131. The first-order valence-electron chi connectivity index (χ1n) is 7.78. The van der Waals surface area contributed by atoms with Crippen LogP contribution in [0.2, 0.25) is 10.0 Å². The highest BCUT2D eigenvalue weighted by molar-refractivity contribution is 6.35. The van der Waals surface area contributed by atoms with Gasteiger partial charge in [-0.3, -0.25) is 14.5 Å². The van der Waals surface area contributed by atoms with Gasteiger partial charge in [0.15, 0.2) is 0 Å². The predicted octanol–water partition coefficient (Wildman–Crippen LogP) is 1.88. The van der Waals surface area contributed by atoms with Gasteiger partial charge in [-0.25, -0.2) is 4.79 Å². The van der Waals surface area contributed by atoms with E-state index in [1.54, 1.807) is 25.1 Å². The van der Waals surface area contributed by atoms with Gasteiger partial charge < -0.3 is 15.4 Å². The van der Waals surface area contributed by atoms with E-state index in [1.807, 2.05) is 0 Å². The van der Waals surface area contributed by atoms with Crippen LogP contribution in [-0.2, 0) is 14.3 Å². The summed E-state index contributed by atoms with van der Waals surface area (Å²) in [6.45, 7) is 1.93. The quantitative estimate of drug-likeness (QED) is 0.774. The zero-order valence-electron chi connectivity index (χ0n) is 13.5. The van der Waals surface area contributed by atoms with E-state index >= 15 is 0 Å². The maximum Gasteiger partial charge on any atom is 0.325 e. The summed E-state index contributed by atoms with van der Waals surface area (Å²) >= 11 is 12.0. The molecule has 1 aromatic carbocycles. The molecule has 2 saturated heterocycles. The van der Waals surface area contributed by atoms with E-state index < -0.39 is 29.4 Å². The highest BCUT2D eigenvalue weighted by Gasteiger charge is 2.53. The van der Waals surface area contributed by atoms with Crippen LogP contribution in [0.1, 0.15) is 24.9 Å². The number of imide groups is 1. The van der Waals surface area contributed by atoms with Gasteiger partial charge in [0.2, 0.25) is 5.91 Å². The Balaban J connectivity index is 1.64. The molecule has 0 radical (unpaired) electrons. The van der Waals surface area contributed by atoms with E-state index in [1.165, 1.54) is 0 Å². The first kappa shape index (κ1) is 18.0. The fourth-order valence-electron chi connectivity index (χ4n) is 3.01. The standard InChI is InChI=1S/C16H17Cl2N3O4/c1-9(11-3-2-10(17)6-12(11)18)19-13(22)7-21-14(23)16(20-15(21)24)4-5-25-8-16/h2-3,6,9H,4-5,7-8H2,1H3,(H,19,22)(H,20,24). The summed E-state index contributed by atoms with van der Waals surface area (Å²) in [5.74, 6) is -0.889. The molecule has 25 heavy (non-hydrogen) atoms. The number of hydrogen-bond donors (Lipinski definition) is 2. The van der Waals surface area contributed by atoms with Crippen molar-refractivity contribution in [2.24, 2.45) is 0 Å². The lowest BCUT2D eigenvalue weighted by molar-refractivity contribution is -0.135. The van der Waals surface area contributed by atoms with Gasteiger partial charge in [-0.05, 0) is 24.6 Å². The topological polar surface area (TPSA) is 87.7 Å². The summed E-state index contributed by atoms with van der Waals surface area (Å²) in [4.78, 5) is 37.7. The molecule has 0 aliphatic carbocycles. The Labute approximate surface area is 154 Å². The Hall–Kier alpha value is -1.83. The van der Waals surface area contributed by atoms with Gasteiger partial charge in [0.05, 0.1) is 12.6 Å². The molecule has 2 N–H and O–H groups in total. The van der Waals surface area contributed by atoms with Gasteiger partial charge in [0, 0.05) is 23.1 Å². The first-order valence-corrected chi connectivity index (χ1v) is 8.54. The lowest BCUT2D eigenvalue weighted by Gasteiger charge is -2.20. The highest BCUT2D eigenvalue weighted by atomic mass is 35.5. The molecule has 2 fully saturated rings. The van der Waals surface area contributed by atoms with Crippen LogP contribution in [-0.4, -0.2) is 48.0 Å². The Morgan fingerprint density at radius 3 is 2.84 bits per heavy atom. The minimum Gasteiger partial charge on any atom is -0.378 e. The Bertz CT molecular complexity index is 734. The second-order valence-corrected chi connectivity index (χ2v) is 7.00. The van der Waals surface area contributed by atoms with Gasteiger partial charge in [0.25, 0.3) is 5.91 Å². The molecule has 2 unspecified atom stereocenters. The third-order valence-electron chi connectivity index (χ3n) is 4.38. The Morgan fingerprint density at radius 1 is 1.44 bits per heavy atom. The van der Waals surface area contributed by atoms with Crippen LogP contribution < -0.4 is 10.6 Å². The van der Waals surface area contributed by atoms with E-state index in [4.69, 9.17) is 27.9 Å². The number of benzene rings is 1. The molecule has 7 nitrogen and oxygen atoms in total. The third kappa shape index (κ3) is 3.44. The number of nitrogens with one attached hydrogen (secondary N) is 2. The predicted molar refractivity (Wildman–Crippen MR) is 91.4 cm³/mol. The molecule has 2 aliphatic rings. The van der Waals surface area contributed by atoms with Crippen LogP contribution in [0.3, 0.4) is 0 Å². The number of urea groups is 1. The Kier molecular flexibility index (Phi) is 4.90. The van der Waals surface area contributed by atoms with Gasteiger partial charge in [0.1, 0.15) is 12.1 Å². The van der Waals surface area contributed by atoms with Crippen molar-refractivity contribution in [3.05, 3.63) is 33.8 Å². The summed E-state index contributed by atoms with van der Waals surface area (Å²) in [5.41, 5.74) is -0.333. The second-order valence-electron chi connectivity index (χ2n) is 6.16. The summed E-state index contributed by atoms with van der Waals surface area (Å²) in [6.07, 6.45) is 0.409. The fourth-order valence-corrected chi connectivity index (χ4v) is 3.59. The van der Waals surface area contributed by atoms with Crippen LogP contribution >= 0.6 is 23.2 Å². The highest BCUT2D eigenvalue weighted by Crippen LogP contribution is 2.28. The number of rotatable bonds is 4. The summed E-state index contributed by atoms with van der Waals surface area (Å²) in [6, 6.07) is 3.99. The van der Waals surface area contributed by atoms with E-state index in [-0.39, 0.29) is 13.2 Å². The normalized spacial score (nSPS) is 23.9. The molecule has 3 rings (SSSR count). The molecule has 0 aromatic heterocycles. The molecule has 2 aliphatic heterocycles. The largest absolute Gasteiger partial charge is 0.378 e. The summed E-state index contributed by atoms with van der Waals surface area (Å²) in [7, 11) is 0. The lowest BCUT2D eigenvalue weighted by Crippen LogP contribution is -2.48. The van der Waals surface area contributed by atoms with Crippen LogP contribution in [0, 0.1) is 0 Å². The second kappa shape index (κ2) is 6.82. The molecule has 9 heteroatoms. The molecule has 2 heterocycles. The van der Waals surface area contributed by atoms with Crippen molar-refractivity contribution >= 4 is 41.0 Å². The van der Waals surface area contributed by atoms with Crippen molar-refractivity contribution in [1.82, 2.24) is 15.5 Å². The van der Waals surface area contributed by atoms with Crippen LogP contribution in [0.25, 0.3) is 0 Å². The van der Waals surface area contributed by atoms with Gasteiger partial charge in [-0.1, -0.05) is 29.3 Å². The maximum absolute atomic E-state index is 12.5. The minimum atomic E-state index is -1.03. The van der Waals surface area contributed by atoms with Gasteiger partial charge in [-0.2, -0.15) is 0 Å². The number of carbonyl (C=O) groups excluding carboxylic acids is 3. The van der Waals surface area contributed by atoms with Crippen molar-refractivity contribution in [2.75, 3.05) is 19.8 Å². The van der Waals surface area contributed by atoms with E-state index in [2.05, 4.69) is 10.6 Å². The molecule has 1 aromatic rings. The van der Waals surface area contributed by atoms with Crippen LogP contribution in [0.4, 0.5) is 4.79 Å². The average Bonchev–Trinajstić information content (AvgIpc) is 3.08. The molecule has 0 bridgehead atoms. The summed E-state index contributed by atoms with van der Waals surface area (Å²) < 4.78 is 5.21. The zero-order valence-corrected chi connectivity index (χ0v) is 15.0. The first-order chi connectivity index (χ1) is 11.8. The van der Waals surface area contributed by atoms with Gasteiger partial charge >= 0.3 is 6.03 Å². The van der Waals surface area contributed by atoms with E-state index in [0.717, 1.165) is 4.90 Å². The number of amides is 4. The summed E-state index contributed by atoms with van der Waals surface area (Å²) in [5, 5.41) is 6.29. The molecule has 134 valence electrons. The number of carbonyl (C=O) groups is 3. The fraction of sp³-hybridized carbons (Fsp3) is 0.438. The SMILES string of the molecule is CC(NC(=O)CN1C(=O)NC2(CCOC2)C1=O)c1ccc(Cl)cc1Cl. The monoisotopic (exact) mass is 385 g/mol. The molecule has 4 amide bonds. The Morgan fingerprint density at radius 2 is 2.20 bits per heavy atom. The van der Waals surface area contributed by atoms with E-state index in [9.17, 15) is 14.4 Å². The van der Waals surface area contributed by atoms with Crippen molar-refractivity contribution in [3.63, 3.8) is 0 Å². The third-order valence-corrected chi connectivity index (χ3v) is 4.94. The number of hydrogen-bond acceptors (Lipinski definition) is 4. The molecule has 0 saturated carbocycles.